The number of nitrogen functional groups attached to an aromatic ring is 1. The van der Waals surface area contributed by atoms with E-state index in [1.54, 1.807) is 6.07 Å². The molecule has 0 aromatic heterocycles. The number of nitrogens with zero attached hydrogens (tertiary/aromatic N) is 1. The first-order valence-electron chi connectivity index (χ1n) is 5.71. The molecule has 0 spiro atoms. The zero-order valence-electron chi connectivity index (χ0n) is 9.66. The summed E-state index contributed by atoms with van der Waals surface area (Å²) in [7, 11) is 0. The number of anilines is 2. The van der Waals surface area contributed by atoms with Gasteiger partial charge in [-0.3, -0.25) is 0 Å². The van der Waals surface area contributed by atoms with Crippen molar-refractivity contribution in [1.29, 1.82) is 0 Å². The number of benzene rings is 2. The minimum atomic E-state index is -0.391. The molecule has 1 aliphatic rings. The van der Waals surface area contributed by atoms with Crippen LogP contribution in [-0.2, 0) is 13.1 Å². The summed E-state index contributed by atoms with van der Waals surface area (Å²) < 4.78 is 13.5. The Bertz CT molecular complexity index is 613. The van der Waals surface area contributed by atoms with Gasteiger partial charge in [-0.05, 0) is 35.4 Å². The molecular weight excluding hydrogens is 251 g/mol. The molecule has 0 amide bonds. The molecule has 0 saturated heterocycles. The lowest BCUT2D eigenvalue weighted by Crippen LogP contribution is -2.14. The summed E-state index contributed by atoms with van der Waals surface area (Å²) in [6.45, 7) is 1.46. The van der Waals surface area contributed by atoms with Crippen molar-refractivity contribution < 1.29 is 4.39 Å². The summed E-state index contributed by atoms with van der Waals surface area (Å²) in [5.74, 6) is -0.391. The molecule has 2 aromatic carbocycles. The van der Waals surface area contributed by atoms with Gasteiger partial charge in [-0.25, -0.2) is 4.39 Å². The van der Waals surface area contributed by atoms with Gasteiger partial charge in [-0.15, -0.1) is 0 Å². The fourth-order valence-electron chi connectivity index (χ4n) is 2.31. The first-order chi connectivity index (χ1) is 8.65. The highest BCUT2D eigenvalue weighted by Gasteiger charge is 2.21. The zero-order valence-corrected chi connectivity index (χ0v) is 10.4. The second kappa shape index (κ2) is 4.18. The SMILES string of the molecule is Nc1cccc2c1CN(c1ccc(Cl)c(F)c1)C2. The molecule has 0 radical (unpaired) electrons. The highest BCUT2D eigenvalue weighted by molar-refractivity contribution is 6.30. The monoisotopic (exact) mass is 262 g/mol. The van der Waals surface area contributed by atoms with Crippen molar-refractivity contribution in [3.05, 3.63) is 58.4 Å². The number of rotatable bonds is 1. The molecule has 1 aliphatic heterocycles. The second-order valence-electron chi connectivity index (χ2n) is 4.44. The summed E-state index contributed by atoms with van der Waals surface area (Å²) in [6.07, 6.45) is 0. The maximum Gasteiger partial charge on any atom is 0.143 e. The average Bonchev–Trinajstić information content (AvgIpc) is 2.78. The number of hydrogen-bond donors (Lipinski definition) is 1. The van der Waals surface area contributed by atoms with Gasteiger partial charge >= 0.3 is 0 Å². The number of nitrogens with two attached hydrogens (primary N) is 1. The Labute approximate surface area is 110 Å². The van der Waals surface area contributed by atoms with Gasteiger partial charge in [0, 0.05) is 24.5 Å². The van der Waals surface area contributed by atoms with E-state index >= 15 is 0 Å². The molecule has 2 N–H and O–H groups in total. The van der Waals surface area contributed by atoms with Crippen molar-refractivity contribution >= 4 is 23.0 Å². The quantitative estimate of drug-likeness (QED) is 0.796. The van der Waals surface area contributed by atoms with Crippen LogP contribution in [0.5, 0.6) is 0 Å². The minimum Gasteiger partial charge on any atom is -0.398 e. The molecule has 2 aromatic rings. The number of fused-ring (bicyclic) bond motifs is 1. The van der Waals surface area contributed by atoms with Crippen LogP contribution in [0.25, 0.3) is 0 Å². The van der Waals surface area contributed by atoms with Gasteiger partial charge in [0.05, 0.1) is 5.02 Å². The predicted octanol–water partition coefficient (Wildman–Crippen LogP) is 3.58. The Morgan fingerprint density at radius 2 is 2.00 bits per heavy atom. The number of hydrogen-bond acceptors (Lipinski definition) is 2. The van der Waals surface area contributed by atoms with Crippen LogP contribution in [0.2, 0.25) is 5.02 Å². The summed E-state index contributed by atoms with van der Waals surface area (Å²) in [5.41, 5.74) is 9.90. The minimum absolute atomic E-state index is 0.148. The van der Waals surface area contributed by atoms with Crippen molar-refractivity contribution in [2.45, 2.75) is 13.1 Å². The van der Waals surface area contributed by atoms with Crippen LogP contribution >= 0.6 is 11.6 Å². The fraction of sp³-hybridized carbons (Fsp3) is 0.143. The van der Waals surface area contributed by atoms with E-state index in [0.717, 1.165) is 23.5 Å². The van der Waals surface area contributed by atoms with E-state index in [0.29, 0.717) is 6.54 Å². The van der Waals surface area contributed by atoms with Crippen LogP contribution in [-0.4, -0.2) is 0 Å². The van der Waals surface area contributed by atoms with Gasteiger partial charge in [0.25, 0.3) is 0 Å². The van der Waals surface area contributed by atoms with Gasteiger partial charge in [-0.1, -0.05) is 23.7 Å². The summed E-state index contributed by atoms with van der Waals surface area (Å²) >= 11 is 5.69. The van der Waals surface area contributed by atoms with E-state index < -0.39 is 5.82 Å². The third-order valence-electron chi connectivity index (χ3n) is 3.29. The van der Waals surface area contributed by atoms with Gasteiger partial charge in [0.2, 0.25) is 0 Å². The standard InChI is InChI=1S/C14H12ClFN2/c15-12-5-4-10(6-13(12)16)18-7-9-2-1-3-14(17)11(9)8-18/h1-6H,7-8,17H2. The Hall–Kier alpha value is -1.74. The van der Waals surface area contributed by atoms with Crippen LogP contribution in [0.4, 0.5) is 15.8 Å². The summed E-state index contributed by atoms with van der Waals surface area (Å²) in [4.78, 5) is 2.08. The molecule has 0 aliphatic carbocycles. The van der Waals surface area contributed by atoms with Crippen LogP contribution in [0.3, 0.4) is 0 Å². The predicted molar refractivity (Wildman–Crippen MR) is 72.2 cm³/mol. The van der Waals surface area contributed by atoms with E-state index in [4.69, 9.17) is 17.3 Å². The van der Waals surface area contributed by atoms with E-state index in [2.05, 4.69) is 11.0 Å². The van der Waals surface area contributed by atoms with Gasteiger partial charge < -0.3 is 10.6 Å². The molecule has 92 valence electrons. The molecule has 0 unspecified atom stereocenters. The molecule has 2 nitrogen and oxygen atoms in total. The molecule has 3 rings (SSSR count). The normalized spacial score (nSPS) is 13.8. The zero-order chi connectivity index (χ0) is 12.7. The smallest absolute Gasteiger partial charge is 0.143 e. The molecule has 0 saturated carbocycles. The highest BCUT2D eigenvalue weighted by Crippen LogP contribution is 2.32. The lowest BCUT2D eigenvalue weighted by atomic mass is 10.1. The third-order valence-corrected chi connectivity index (χ3v) is 3.59. The molecule has 18 heavy (non-hydrogen) atoms. The first kappa shape index (κ1) is 11.4. The van der Waals surface area contributed by atoms with Crippen LogP contribution < -0.4 is 10.6 Å². The molecule has 4 heteroatoms. The van der Waals surface area contributed by atoms with Gasteiger partial charge in [-0.2, -0.15) is 0 Å². The molecule has 0 atom stereocenters. The van der Waals surface area contributed by atoms with Crippen molar-refractivity contribution in [1.82, 2.24) is 0 Å². The van der Waals surface area contributed by atoms with E-state index in [1.807, 2.05) is 18.2 Å². The molecule has 0 bridgehead atoms. The van der Waals surface area contributed by atoms with E-state index in [-0.39, 0.29) is 5.02 Å². The second-order valence-corrected chi connectivity index (χ2v) is 4.85. The van der Waals surface area contributed by atoms with Crippen molar-refractivity contribution in [3.8, 4) is 0 Å². The molecule has 1 heterocycles. The summed E-state index contributed by atoms with van der Waals surface area (Å²) in [6, 6.07) is 10.8. The fourth-order valence-corrected chi connectivity index (χ4v) is 2.43. The van der Waals surface area contributed by atoms with Crippen LogP contribution in [0.1, 0.15) is 11.1 Å². The van der Waals surface area contributed by atoms with E-state index in [9.17, 15) is 4.39 Å². The highest BCUT2D eigenvalue weighted by atomic mass is 35.5. The third kappa shape index (κ3) is 1.81. The van der Waals surface area contributed by atoms with Crippen molar-refractivity contribution in [3.63, 3.8) is 0 Å². The molecular formula is C14H12ClFN2. The Morgan fingerprint density at radius 1 is 1.17 bits per heavy atom. The maximum atomic E-state index is 13.5. The Balaban J connectivity index is 1.94. The topological polar surface area (TPSA) is 29.3 Å². The Kier molecular flexibility index (Phi) is 2.63. The lowest BCUT2D eigenvalue weighted by molar-refractivity contribution is 0.627. The number of halogens is 2. The van der Waals surface area contributed by atoms with Crippen molar-refractivity contribution in [2.75, 3.05) is 10.6 Å². The first-order valence-corrected chi connectivity index (χ1v) is 6.09. The maximum absolute atomic E-state index is 13.5. The lowest BCUT2D eigenvalue weighted by Gasteiger charge is -2.18. The summed E-state index contributed by atoms with van der Waals surface area (Å²) in [5, 5.41) is 0.148. The van der Waals surface area contributed by atoms with Gasteiger partial charge in [0.1, 0.15) is 5.82 Å². The van der Waals surface area contributed by atoms with E-state index in [1.165, 1.54) is 11.6 Å². The van der Waals surface area contributed by atoms with Gasteiger partial charge in [0.15, 0.2) is 0 Å². The largest absolute Gasteiger partial charge is 0.398 e. The van der Waals surface area contributed by atoms with Crippen LogP contribution in [0.15, 0.2) is 36.4 Å². The average molecular weight is 263 g/mol. The Morgan fingerprint density at radius 3 is 2.72 bits per heavy atom. The van der Waals surface area contributed by atoms with Crippen molar-refractivity contribution in [2.24, 2.45) is 0 Å². The van der Waals surface area contributed by atoms with Crippen LogP contribution in [0, 0.1) is 5.82 Å². The molecule has 0 fully saturated rings.